The molecule has 1 saturated heterocycles. The number of ether oxygens (including phenoxy) is 1. The summed E-state index contributed by atoms with van der Waals surface area (Å²) in [5.74, 6) is 0.430. The zero-order valence-corrected chi connectivity index (χ0v) is 17.6. The molecule has 1 aliphatic rings. The van der Waals surface area contributed by atoms with Crippen LogP contribution in [-0.4, -0.2) is 23.1 Å². The van der Waals surface area contributed by atoms with Gasteiger partial charge in [-0.1, -0.05) is 12.1 Å². The Balaban J connectivity index is 1.79. The quantitative estimate of drug-likeness (QED) is 0.596. The first-order chi connectivity index (χ1) is 14.1. The molecule has 29 heavy (non-hydrogen) atoms. The molecule has 0 unspecified atom stereocenters. The Morgan fingerprint density at radius 3 is 2.79 bits per heavy atom. The number of amides is 1. The Labute approximate surface area is 178 Å². The van der Waals surface area contributed by atoms with Crippen molar-refractivity contribution < 1.29 is 9.53 Å². The normalized spacial score (nSPS) is 18.4. The fraction of sp³-hybridized carbons (Fsp3) is 0.190. The van der Waals surface area contributed by atoms with Gasteiger partial charge in [-0.05, 0) is 54.0 Å². The summed E-state index contributed by atoms with van der Waals surface area (Å²) < 4.78 is 5.39. The number of thiophene rings is 1. The molecule has 1 aliphatic heterocycles. The highest BCUT2D eigenvalue weighted by Crippen LogP contribution is 2.44. The predicted octanol–water partition coefficient (Wildman–Crippen LogP) is 4.29. The van der Waals surface area contributed by atoms with Crippen LogP contribution in [0.25, 0.3) is 0 Å². The number of thiocarbonyl (C=S) groups is 1. The van der Waals surface area contributed by atoms with E-state index in [9.17, 15) is 4.79 Å². The van der Waals surface area contributed by atoms with Crippen molar-refractivity contribution in [1.29, 1.82) is 0 Å². The molecule has 0 aliphatic carbocycles. The summed E-state index contributed by atoms with van der Waals surface area (Å²) in [5.41, 5.74) is 2.39. The topological polar surface area (TPSA) is 66.5 Å². The van der Waals surface area contributed by atoms with Crippen molar-refractivity contribution in [2.75, 3.05) is 17.3 Å². The SMILES string of the molecule is COc1ccc(N2C(=S)N[C@@H](c3ccccn3)[C@H]2c2cccs2)cc1NC(C)=O. The minimum atomic E-state index is -0.163. The summed E-state index contributed by atoms with van der Waals surface area (Å²) in [6.07, 6.45) is 1.79. The molecule has 2 atom stereocenters. The Kier molecular flexibility index (Phi) is 5.46. The number of hydrogen-bond acceptors (Lipinski definition) is 5. The van der Waals surface area contributed by atoms with Gasteiger partial charge < -0.3 is 20.3 Å². The van der Waals surface area contributed by atoms with E-state index in [1.807, 2.05) is 42.5 Å². The average Bonchev–Trinajstić information content (AvgIpc) is 3.35. The van der Waals surface area contributed by atoms with Crippen LogP contribution in [0.2, 0.25) is 0 Å². The monoisotopic (exact) mass is 424 g/mol. The summed E-state index contributed by atoms with van der Waals surface area (Å²) in [5, 5.41) is 8.93. The molecule has 148 valence electrons. The van der Waals surface area contributed by atoms with Crippen LogP contribution < -0.4 is 20.3 Å². The number of aromatic nitrogens is 1. The van der Waals surface area contributed by atoms with E-state index in [-0.39, 0.29) is 18.0 Å². The van der Waals surface area contributed by atoms with Gasteiger partial charge in [0.1, 0.15) is 5.75 Å². The molecule has 3 aromatic rings. The molecular weight excluding hydrogens is 404 g/mol. The molecule has 3 heterocycles. The van der Waals surface area contributed by atoms with Crippen LogP contribution in [-0.2, 0) is 4.79 Å². The molecule has 8 heteroatoms. The molecule has 1 fully saturated rings. The second-order valence-electron chi connectivity index (χ2n) is 6.58. The van der Waals surface area contributed by atoms with Crippen molar-refractivity contribution in [3.05, 3.63) is 70.7 Å². The van der Waals surface area contributed by atoms with E-state index in [1.54, 1.807) is 24.6 Å². The van der Waals surface area contributed by atoms with Crippen molar-refractivity contribution >= 4 is 45.9 Å². The summed E-state index contributed by atoms with van der Waals surface area (Å²) in [6.45, 7) is 1.47. The number of anilines is 2. The molecule has 0 radical (unpaired) electrons. The van der Waals surface area contributed by atoms with Crippen molar-refractivity contribution in [3.63, 3.8) is 0 Å². The van der Waals surface area contributed by atoms with Crippen molar-refractivity contribution in [2.24, 2.45) is 0 Å². The third-order valence-electron chi connectivity index (χ3n) is 4.70. The molecular formula is C21H20N4O2S2. The van der Waals surface area contributed by atoms with Crippen molar-refractivity contribution in [2.45, 2.75) is 19.0 Å². The van der Waals surface area contributed by atoms with E-state index < -0.39 is 0 Å². The van der Waals surface area contributed by atoms with Gasteiger partial charge in [0.25, 0.3) is 0 Å². The van der Waals surface area contributed by atoms with Gasteiger partial charge in [-0.15, -0.1) is 11.3 Å². The number of pyridine rings is 1. The first-order valence-corrected chi connectivity index (χ1v) is 10.4. The first kappa shape index (κ1) is 19.4. The van der Waals surface area contributed by atoms with Gasteiger partial charge in [-0.25, -0.2) is 0 Å². The largest absolute Gasteiger partial charge is 0.495 e. The number of nitrogens with zero attached hydrogens (tertiary/aromatic N) is 2. The van der Waals surface area contributed by atoms with E-state index in [1.165, 1.54) is 11.8 Å². The Morgan fingerprint density at radius 2 is 2.14 bits per heavy atom. The fourth-order valence-electron chi connectivity index (χ4n) is 3.51. The standard InChI is InChI=1S/C21H20N4O2S2/c1-13(26)23-16-12-14(8-9-17(16)27-2)25-20(18-7-5-11-29-18)19(24-21(25)28)15-6-3-4-10-22-15/h3-12,19-20H,1-2H3,(H,23,26)(H,24,28)/t19-,20+/m0/s1. The summed E-state index contributed by atoms with van der Waals surface area (Å²) in [7, 11) is 1.58. The van der Waals surface area contributed by atoms with Gasteiger partial charge in [0, 0.05) is 23.7 Å². The van der Waals surface area contributed by atoms with Crippen molar-refractivity contribution in [3.8, 4) is 5.75 Å². The predicted molar refractivity (Wildman–Crippen MR) is 120 cm³/mol. The van der Waals surface area contributed by atoms with E-state index in [4.69, 9.17) is 17.0 Å². The maximum atomic E-state index is 11.6. The molecule has 2 aromatic heterocycles. The maximum Gasteiger partial charge on any atom is 0.221 e. The smallest absolute Gasteiger partial charge is 0.221 e. The molecule has 0 spiro atoms. The first-order valence-electron chi connectivity index (χ1n) is 9.08. The summed E-state index contributed by atoms with van der Waals surface area (Å²) >= 11 is 7.39. The lowest BCUT2D eigenvalue weighted by atomic mass is 10.0. The van der Waals surface area contributed by atoms with Gasteiger partial charge in [0.15, 0.2) is 5.11 Å². The zero-order valence-electron chi connectivity index (χ0n) is 16.0. The average molecular weight is 425 g/mol. The van der Waals surface area contributed by atoms with Gasteiger partial charge in [0.2, 0.25) is 5.91 Å². The number of hydrogen-bond donors (Lipinski definition) is 2. The van der Waals surface area contributed by atoms with Crippen LogP contribution in [0, 0.1) is 0 Å². The number of methoxy groups -OCH3 is 1. The van der Waals surface area contributed by atoms with E-state index in [0.717, 1.165) is 11.4 Å². The van der Waals surface area contributed by atoms with Crippen LogP contribution in [0.15, 0.2) is 60.1 Å². The lowest BCUT2D eigenvalue weighted by molar-refractivity contribution is -0.114. The third kappa shape index (κ3) is 3.81. The van der Waals surface area contributed by atoms with Crippen molar-refractivity contribution in [1.82, 2.24) is 10.3 Å². The third-order valence-corrected chi connectivity index (χ3v) is 5.96. The van der Waals surface area contributed by atoms with E-state index in [0.29, 0.717) is 16.5 Å². The van der Waals surface area contributed by atoms with Crippen LogP contribution in [0.1, 0.15) is 29.6 Å². The van der Waals surface area contributed by atoms with Crippen LogP contribution in [0.5, 0.6) is 5.75 Å². The maximum absolute atomic E-state index is 11.6. The Morgan fingerprint density at radius 1 is 1.28 bits per heavy atom. The highest BCUT2D eigenvalue weighted by atomic mass is 32.1. The Hall–Kier alpha value is -2.97. The van der Waals surface area contributed by atoms with Gasteiger partial charge in [0.05, 0.1) is 30.6 Å². The molecule has 1 aromatic carbocycles. The minimum absolute atomic E-state index is 0.0593. The molecule has 4 rings (SSSR count). The van der Waals surface area contributed by atoms with E-state index in [2.05, 4.69) is 32.0 Å². The van der Waals surface area contributed by atoms with E-state index >= 15 is 0 Å². The van der Waals surface area contributed by atoms with Gasteiger partial charge in [-0.3, -0.25) is 9.78 Å². The second kappa shape index (κ2) is 8.18. The molecule has 0 bridgehead atoms. The lowest BCUT2D eigenvalue weighted by Gasteiger charge is -2.27. The number of rotatable bonds is 5. The fourth-order valence-corrected chi connectivity index (χ4v) is 4.71. The van der Waals surface area contributed by atoms with Crippen LogP contribution >= 0.6 is 23.6 Å². The van der Waals surface area contributed by atoms with Gasteiger partial charge >= 0.3 is 0 Å². The second-order valence-corrected chi connectivity index (χ2v) is 7.94. The zero-order chi connectivity index (χ0) is 20.4. The number of benzene rings is 1. The van der Waals surface area contributed by atoms with Crippen LogP contribution in [0.3, 0.4) is 0 Å². The Bertz CT molecular complexity index is 1020. The highest BCUT2D eigenvalue weighted by Gasteiger charge is 2.41. The minimum Gasteiger partial charge on any atom is -0.495 e. The molecule has 1 amide bonds. The summed E-state index contributed by atoms with van der Waals surface area (Å²) in [4.78, 5) is 19.4. The van der Waals surface area contributed by atoms with Crippen LogP contribution in [0.4, 0.5) is 11.4 Å². The number of carbonyl (C=O) groups excluding carboxylic acids is 1. The molecule has 6 nitrogen and oxygen atoms in total. The summed E-state index contributed by atoms with van der Waals surface area (Å²) in [6, 6.07) is 15.5. The molecule has 2 N–H and O–H groups in total. The number of carbonyl (C=O) groups is 1. The highest BCUT2D eigenvalue weighted by molar-refractivity contribution is 7.80. The lowest BCUT2D eigenvalue weighted by Crippen LogP contribution is -2.29. The number of nitrogens with one attached hydrogen (secondary N) is 2. The molecule has 0 saturated carbocycles. The van der Waals surface area contributed by atoms with Gasteiger partial charge in [-0.2, -0.15) is 0 Å².